The Bertz CT molecular complexity index is 276. The fourth-order valence-corrected chi connectivity index (χ4v) is 1.79. The number of ether oxygens (including phenoxy) is 1. The van der Waals surface area contributed by atoms with Crippen LogP contribution < -0.4 is 5.32 Å². The Labute approximate surface area is 99.9 Å². The number of esters is 1. The molecule has 0 saturated carbocycles. The molecule has 0 saturated heterocycles. The Morgan fingerprint density at radius 1 is 1.56 bits per heavy atom. The zero-order valence-corrected chi connectivity index (χ0v) is 11.2. The summed E-state index contributed by atoms with van der Waals surface area (Å²) in [5.74, 6) is 0.401. The standard InChI is InChI=1S/C11H21NO3S/c1-9(11(13)15-3)5-7-12-10(2)6-8-16(4)14/h5,10,12H,6-8H2,1-4H3. The van der Waals surface area contributed by atoms with Gasteiger partial charge in [-0.05, 0) is 20.3 Å². The highest BCUT2D eigenvalue weighted by Crippen LogP contribution is 1.96. The van der Waals surface area contributed by atoms with Crippen molar-refractivity contribution in [2.45, 2.75) is 26.3 Å². The summed E-state index contributed by atoms with van der Waals surface area (Å²) in [5.41, 5.74) is 0.598. The lowest BCUT2D eigenvalue weighted by molar-refractivity contribution is -0.136. The Hall–Kier alpha value is -0.680. The molecule has 0 aromatic carbocycles. The number of rotatable bonds is 7. The molecule has 5 heteroatoms. The fraction of sp³-hybridized carbons (Fsp3) is 0.727. The van der Waals surface area contributed by atoms with Crippen LogP contribution in [0.25, 0.3) is 0 Å². The first-order chi connectivity index (χ1) is 7.47. The van der Waals surface area contributed by atoms with Crippen LogP contribution in [0.5, 0.6) is 0 Å². The van der Waals surface area contributed by atoms with Crippen LogP contribution in [0.2, 0.25) is 0 Å². The average Bonchev–Trinajstić information content (AvgIpc) is 2.24. The average molecular weight is 247 g/mol. The van der Waals surface area contributed by atoms with Crippen molar-refractivity contribution in [2.75, 3.05) is 25.7 Å². The summed E-state index contributed by atoms with van der Waals surface area (Å²) >= 11 is 0. The molecule has 0 aliphatic heterocycles. The van der Waals surface area contributed by atoms with Crippen LogP contribution >= 0.6 is 0 Å². The third kappa shape index (κ3) is 7.59. The van der Waals surface area contributed by atoms with Crippen LogP contribution in [0.4, 0.5) is 0 Å². The molecular weight excluding hydrogens is 226 g/mol. The number of carbonyl (C=O) groups is 1. The molecule has 0 amide bonds. The maximum Gasteiger partial charge on any atom is 0.333 e. The molecule has 0 fully saturated rings. The number of hydrogen-bond donors (Lipinski definition) is 1. The molecule has 0 rings (SSSR count). The molecular formula is C11H21NO3S. The van der Waals surface area contributed by atoms with Crippen molar-refractivity contribution in [2.24, 2.45) is 0 Å². The second kappa shape index (κ2) is 8.47. The lowest BCUT2D eigenvalue weighted by Gasteiger charge is -2.11. The molecule has 0 aromatic heterocycles. The molecule has 1 N–H and O–H groups in total. The topological polar surface area (TPSA) is 55.4 Å². The highest BCUT2D eigenvalue weighted by molar-refractivity contribution is 7.84. The van der Waals surface area contributed by atoms with E-state index in [9.17, 15) is 9.00 Å². The van der Waals surface area contributed by atoms with Gasteiger partial charge in [-0.15, -0.1) is 0 Å². The molecule has 0 heterocycles. The number of hydrogen-bond acceptors (Lipinski definition) is 4. The highest BCUT2D eigenvalue weighted by Gasteiger charge is 2.04. The summed E-state index contributed by atoms with van der Waals surface area (Å²) in [7, 11) is 0.629. The first-order valence-corrected chi connectivity index (χ1v) is 6.98. The first kappa shape index (κ1) is 15.3. The summed E-state index contributed by atoms with van der Waals surface area (Å²) in [6.07, 6.45) is 4.37. The maximum absolute atomic E-state index is 11.0. The van der Waals surface area contributed by atoms with Gasteiger partial charge in [-0.25, -0.2) is 4.79 Å². The Kier molecular flexibility index (Phi) is 8.11. The van der Waals surface area contributed by atoms with E-state index in [1.54, 1.807) is 19.3 Å². The molecule has 0 aliphatic carbocycles. The van der Waals surface area contributed by atoms with Gasteiger partial charge in [-0.2, -0.15) is 0 Å². The van der Waals surface area contributed by atoms with Crippen LogP contribution in [0.3, 0.4) is 0 Å². The van der Waals surface area contributed by atoms with Crippen LogP contribution in [0, 0.1) is 0 Å². The molecule has 0 radical (unpaired) electrons. The maximum atomic E-state index is 11.0. The summed E-state index contributed by atoms with van der Waals surface area (Å²) in [4.78, 5) is 11.0. The Morgan fingerprint density at radius 2 is 2.19 bits per heavy atom. The van der Waals surface area contributed by atoms with Gasteiger partial charge in [-0.1, -0.05) is 6.08 Å². The molecule has 2 atom stereocenters. The predicted molar refractivity (Wildman–Crippen MR) is 66.8 cm³/mol. The number of nitrogens with one attached hydrogen (secondary N) is 1. The second-order valence-corrected chi connectivity index (χ2v) is 5.31. The van der Waals surface area contributed by atoms with Gasteiger partial charge in [0.05, 0.1) is 7.11 Å². The van der Waals surface area contributed by atoms with Gasteiger partial charge >= 0.3 is 5.97 Å². The minimum atomic E-state index is -0.739. The summed E-state index contributed by atoms with van der Waals surface area (Å²) < 4.78 is 15.4. The van der Waals surface area contributed by atoms with Crippen LogP contribution in [-0.2, 0) is 20.3 Å². The van der Waals surface area contributed by atoms with Crippen molar-refractivity contribution in [1.29, 1.82) is 0 Å². The van der Waals surface area contributed by atoms with E-state index in [-0.39, 0.29) is 5.97 Å². The number of methoxy groups -OCH3 is 1. The minimum absolute atomic E-state index is 0.297. The van der Waals surface area contributed by atoms with Gasteiger partial charge in [0.15, 0.2) is 0 Å². The summed E-state index contributed by atoms with van der Waals surface area (Å²) in [6.45, 7) is 4.38. The zero-order valence-electron chi connectivity index (χ0n) is 10.4. The van der Waals surface area contributed by atoms with Gasteiger partial charge in [0, 0.05) is 41.0 Å². The molecule has 4 nitrogen and oxygen atoms in total. The zero-order chi connectivity index (χ0) is 12.6. The van der Waals surface area contributed by atoms with Crippen molar-refractivity contribution in [3.05, 3.63) is 11.6 Å². The normalized spacial score (nSPS) is 15.6. The second-order valence-electron chi connectivity index (χ2n) is 3.75. The van der Waals surface area contributed by atoms with Crippen LogP contribution in [0.1, 0.15) is 20.3 Å². The smallest absolute Gasteiger partial charge is 0.333 e. The molecule has 0 spiro atoms. The van der Waals surface area contributed by atoms with E-state index in [0.29, 0.717) is 23.9 Å². The SMILES string of the molecule is COC(=O)C(C)=CCNC(C)CCS(C)=O. The van der Waals surface area contributed by atoms with E-state index < -0.39 is 10.8 Å². The van der Waals surface area contributed by atoms with E-state index in [1.807, 2.05) is 6.92 Å². The summed E-state index contributed by atoms with van der Waals surface area (Å²) in [5, 5.41) is 3.23. The van der Waals surface area contributed by atoms with Crippen molar-refractivity contribution in [3.8, 4) is 0 Å². The molecule has 0 aliphatic rings. The van der Waals surface area contributed by atoms with Gasteiger partial charge in [0.25, 0.3) is 0 Å². The molecule has 94 valence electrons. The molecule has 0 bridgehead atoms. The van der Waals surface area contributed by atoms with E-state index in [4.69, 9.17) is 0 Å². The Morgan fingerprint density at radius 3 is 2.69 bits per heavy atom. The predicted octanol–water partition coefficient (Wildman–Crippen LogP) is 0.852. The summed E-state index contributed by atoms with van der Waals surface area (Å²) in [6, 6.07) is 0.297. The van der Waals surface area contributed by atoms with Gasteiger partial charge in [-0.3, -0.25) is 4.21 Å². The van der Waals surface area contributed by atoms with Crippen molar-refractivity contribution in [1.82, 2.24) is 5.32 Å². The van der Waals surface area contributed by atoms with Crippen LogP contribution in [-0.4, -0.2) is 41.9 Å². The lowest BCUT2D eigenvalue weighted by atomic mass is 10.2. The van der Waals surface area contributed by atoms with E-state index in [1.165, 1.54) is 7.11 Å². The van der Waals surface area contributed by atoms with Crippen LogP contribution in [0.15, 0.2) is 11.6 Å². The minimum Gasteiger partial charge on any atom is -0.466 e. The van der Waals surface area contributed by atoms with Crippen molar-refractivity contribution < 1.29 is 13.7 Å². The van der Waals surface area contributed by atoms with E-state index in [0.717, 1.165) is 6.42 Å². The molecule has 16 heavy (non-hydrogen) atoms. The van der Waals surface area contributed by atoms with Gasteiger partial charge < -0.3 is 10.1 Å². The fourth-order valence-electron chi connectivity index (χ4n) is 1.10. The third-order valence-corrected chi connectivity index (χ3v) is 3.03. The molecule has 2 unspecified atom stereocenters. The third-order valence-electron chi connectivity index (χ3n) is 2.22. The monoisotopic (exact) mass is 247 g/mol. The quantitative estimate of drug-likeness (QED) is 0.535. The lowest BCUT2D eigenvalue weighted by Crippen LogP contribution is -2.27. The first-order valence-electron chi connectivity index (χ1n) is 5.25. The molecule has 0 aromatic rings. The van der Waals surface area contributed by atoms with Gasteiger partial charge in [0.2, 0.25) is 0 Å². The largest absolute Gasteiger partial charge is 0.466 e. The van der Waals surface area contributed by atoms with Crippen molar-refractivity contribution in [3.63, 3.8) is 0 Å². The highest BCUT2D eigenvalue weighted by atomic mass is 32.2. The van der Waals surface area contributed by atoms with Crippen molar-refractivity contribution >= 4 is 16.8 Å². The Balaban J connectivity index is 3.80. The number of carbonyl (C=O) groups excluding carboxylic acids is 1. The van der Waals surface area contributed by atoms with E-state index >= 15 is 0 Å². The van der Waals surface area contributed by atoms with E-state index in [2.05, 4.69) is 10.1 Å². The van der Waals surface area contributed by atoms with Gasteiger partial charge in [0.1, 0.15) is 0 Å².